The summed E-state index contributed by atoms with van der Waals surface area (Å²) in [7, 11) is 0. The molecule has 0 aromatic carbocycles. The first-order valence-electron chi connectivity index (χ1n) is 10.8. The van der Waals surface area contributed by atoms with Crippen LogP contribution in [0.4, 0.5) is 4.79 Å². The Morgan fingerprint density at radius 2 is 1.54 bits per heavy atom. The van der Waals surface area contributed by atoms with Gasteiger partial charge in [-0.2, -0.15) is 0 Å². The van der Waals surface area contributed by atoms with E-state index < -0.39 is 0 Å². The molecular weight excluding hydrogens is 358 g/mol. The minimum Gasteiger partial charge on any atom is -0.449 e. The number of amides is 2. The number of hydrogen-bond donors (Lipinski definition) is 0. The van der Waals surface area contributed by atoms with Gasteiger partial charge in [-0.15, -0.1) is 0 Å². The van der Waals surface area contributed by atoms with Crippen LogP contribution in [0, 0.1) is 11.8 Å². The monoisotopic (exact) mass is 397 g/mol. The number of hydrogen-bond acceptors (Lipinski definition) is 5. The van der Waals surface area contributed by atoms with Crippen LogP contribution < -0.4 is 0 Å². The van der Waals surface area contributed by atoms with Crippen molar-refractivity contribution in [1.29, 1.82) is 0 Å². The number of rotatable bonds is 5. The van der Waals surface area contributed by atoms with Crippen molar-refractivity contribution in [2.24, 2.45) is 11.8 Å². The van der Waals surface area contributed by atoms with Crippen molar-refractivity contribution >= 4 is 12.0 Å². The van der Waals surface area contributed by atoms with E-state index in [1.807, 2.05) is 18.7 Å². The molecule has 2 amide bonds. The maximum Gasteiger partial charge on any atom is 0.409 e. The lowest BCUT2D eigenvalue weighted by Gasteiger charge is -2.42. The maximum atomic E-state index is 13.4. The summed E-state index contributed by atoms with van der Waals surface area (Å²) < 4.78 is 11.2. The van der Waals surface area contributed by atoms with Gasteiger partial charge in [0.15, 0.2) is 0 Å². The zero-order valence-corrected chi connectivity index (χ0v) is 18.5. The fourth-order valence-electron chi connectivity index (χ4n) is 4.14. The van der Waals surface area contributed by atoms with E-state index in [2.05, 4.69) is 32.6 Å². The van der Waals surface area contributed by atoms with E-state index >= 15 is 0 Å². The Morgan fingerprint density at radius 3 is 2.11 bits per heavy atom. The molecule has 2 fully saturated rings. The Hall–Kier alpha value is -1.34. The van der Waals surface area contributed by atoms with Gasteiger partial charge in [0.25, 0.3) is 0 Å². The molecule has 0 spiro atoms. The Labute approximate surface area is 170 Å². The highest BCUT2D eigenvalue weighted by Crippen LogP contribution is 2.21. The molecule has 0 saturated carbocycles. The molecule has 2 aliphatic rings. The molecule has 0 aromatic heterocycles. The molecule has 7 nitrogen and oxygen atoms in total. The molecule has 2 aliphatic heterocycles. The van der Waals surface area contributed by atoms with Crippen molar-refractivity contribution in [3.63, 3.8) is 0 Å². The first kappa shape index (κ1) is 22.9. The van der Waals surface area contributed by atoms with Crippen molar-refractivity contribution in [2.45, 2.75) is 66.2 Å². The van der Waals surface area contributed by atoms with Gasteiger partial charge >= 0.3 is 6.09 Å². The lowest BCUT2D eigenvalue weighted by atomic mass is 9.99. The zero-order chi connectivity index (χ0) is 20.8. The smallest absolute Gasteiger partial charge is 0.409 e. The van der Waals surface area contributed by atoms with Crippen LogP contribution in [0.25, 0.3) is 0 Å². The molecule has 0 bridgehead atoms. The molecule has 0 N–H and O–H groups in total. The van der Waals surface area contributed by atoms with Gasteiger partial charge in [-0.3, -0.25) is 9.69 Å². The average Bonchev–Trinajstić information content (AvgIpc) is 2.84. The molecule has 2 heterocycles. The van der Waals surface area contributed by atoms with Crippen LogP contribution in [-0.2, 0) is 14.3 Å². The maximum absolute atomic E-state index is 13.4. The summed E-state index contributed by atoms with van der Waals surface area (Å²) in [4.78, 5) is 31.6. The van der Waals surface area contributed by atoms with Crippen molar-refractivity contribution in [1.82, 2.24) is 14.7 Å². The predicted octanol–water partition coefficient (Wildman–Crippen LogP) is 2.45. The molecule has 7 heteroatoms. The van der Waals surface area contributed by atoms with E-state index in [1.165, 1.54) is 0 Å². The highest BCUT2D eigenvalue weighted by atomic mass is 16.6. The fraction of sp³-hybridized carbons (Fsp3) is 0.905. The standard InChI is InChI=1S/C21H39N3O4/c1-15(2)14-27-21(26)23-9-7-8-22(10-11-23)20(25)19(16(3)4)24-12-17(5)28-18(6)13-24/h15-19H,7-14H2,1-6H3. The molecule has 3 unspecified atom stereocenters. The minimum absolute atomic E-state index is 0.133. The molecular formula is C21H39N3O4. The highest BCUT2D eigenvalue weighted by molar-refractivity contribution is 5.82. The van der Waals surface area contributed by atoms with E-state index in [-0.39, 0.29) is 36.2 Å². The average molecular weight is 398 g/mol. The Balaban J connectivity index is 1.98. The minimum atomic E-state index is -0.265. The predicted molar refractivity (Wildman–Crippen MR) is 109 cm³/mol. The zero-order valence-electron chi connectivity index (χ0n) is 18.5. The van der Waals surface area contributed by atoms with E-state index in [0.29, 0.717) is 38.7 Å². The third-order valence-electron chi connectivity index (χ3n) is 5.33. The third-order valence-corrected chi connectivity index (χ3v) is 5.33. The highest BCUT2D eigenvalue weighted by Gasteiger charge is 2.37. The summed E-state index contributed by atoms with van der Waals surface area (Å²) in [6, 6.07) is -0.145. The molecule has 0 radical (unpaired) electrons. The number of morpholine rings is 1. The summed E-state index contributed by atoms with van der Waals surface area (Å²) in [6.07, 6.45) is 0.782. The van der Waals surface area contributed by atoms with Gasteiger partial charge in [-0.1, -0.05) is 27.7 Å². The number of nitrogens with zero attached hydrogens (tertiary/aromatic N) is 3. The van der Waals surface area contributed by atoms with Crippen LogP contribution in [0.2, 0.25) is 0 Å². The van der Waals surface area contributed by atoms with Crippen molar-refractivity contribution in [3.8, 4) is 0 Å². The molecule has 2 rings (SSSR count). The van der Waals surface area contributed by atoms with Crippen molar-refractivity contribution in [2.75, 3.05) is 45.9 Å². The SMILES string of the molecule is CC(C)COC(=O)N1CCCN(C(=O)C(C(C)C)N2CC(C)OC(C)C2)CC1. The third kappa shape index (κ3) is 6.34. The number of carbonyl (C=O) groups is 2. The van der Waals surface area contributed by atoms with Crippen molar-refractivity contribution < 1.29 is 19.1 Å². The molecule has 28 heavy (non-hydrogen) atoms. The molecule has 2 saturated heterocycles. The molecule has 0 aliphatic carbocycles. The van der Waals surface area contributed by atoms with E-state index in [4.69, 9.17) is 9.47 Å². The lowest BCUT2D eigenvalue weighted by Crippen LogP contribution is -2.58. The van der Waals surface area contributed by atoms with Gasteiger partial charge in [0.05, 0.1) is 24.9 Å². The quantitative estimate of drug-likeness (QED) is 0.713. The van der Waals surface area contributed by atoms with Gasteiger partial charge < -0.3 is 19.3 Å². The molecule has 0 aromatic rings. The van der Waals surface area contributed by atoms with Gasteiger partial charge in [0, 0.05) is 39.3 Å². The van der Waals surface area contributed by atoms with Crippen LogP contribution in [0.5, 0.6) is 0 Å². The summed E-state index contributed by atoms with van der Waals surface area (Å²) in [6.45, 7) is 16.8. The second-order valence-corrected chi connectivity index (χ2v) is 9.04. The van der Waals surface area contributed by atoms with Crippen LogP contribution in [0.3, 0.4) is 0 Å². The first-order chi connectivity index (χ1) is 13.2. The molecule has 3 atom stereocenters. The Kier molecular flexibility index (Phi) is 8.56. The van der Waals surface area contributed by atoms with Crippen molar-refractivity contribution in [3.05, 3.63) is 0 Å². The lowest BCUT2D eigenvalue weighted by molar-refractivity contribution is -0.145. The van der Waals surface area contributed by atoms with Crippen LogP contribution in [0.15, 0.2) is 0 Å². The second-order valence-electron chi connectivity index (χ2n) is 9.04. The van der Waals surface area contributed by atoms with Gasteiger partial charge in [-0.25, -0.2) is 4.79 Å². The second kappa shape index (κ2) is 10.4. The normalized spacial score (nSPS) is 25.7. The van der Waals surface area contributed by atoms with Gasteiger partial charge in [0.2, 0.25) is 5.91 Å². The number of ether oxygens (including phenoxy) is 2. The molecule has 162 valence electrons. The van der Waals surface area contributed by atoms with Crippen LogP contribution in [-0.4, -0.2) is 90.8 Å². The van der Waals surface area contributed by atoms with E-state index in [0.717, 1.165) is 19.5 Å². The fourth-order valence-corrected chi connectivity index (χ4v) is 4.14. The van der Waals surface area contributed by atoms with Gasteiger partial charge in [-0.05, 0) is 32.1 Å². The van der Waals surface area contributed by atoms with Crippen LogP contribution in [0.1, 0.15) is 48.0 Å². The first-order valence-corrected chi connectivity index (χ1v) is 10.8. The summed E-state index contributed by atoms with van der Waals surface area (Å²) in [5.74, 6) is 0.716. The summed E-state index contributed by atoms with van der Waals surface area (Å²) in [5, 5.41) is 0. The number of carbonyl (C=O) groups excluding carboxylic acids is 2. The Bertz CT molecular complexity index is 516. The Morgan fingerprint density at radius 1 is 0.964 bits per heavy atom. The van der Waals surface area contributed by atoms with E-state index in [1.54, 1.807) is 4.90 Å². The largest absolute Gasteiger partial charge is 0.449 e. The van der Waals surface area contributed by atoms with Crippen LogP contribution >= 0.6 is 0 Å². The summed E-state index contributed by atoms with van der Waals surface area (Å²) >= 11 is 0. The van der Waals surface area contributed by atoms with Gasteiger partial charge in [0.1, 0.15) is 0 Å². The summed E-state index contributed by atoms with van der Waals surface area (Å²) in [5.41, 5.74) is 0. The topological polar surface area (TPSA) is 62.3 Å². The van der Waals surface area contributed by atoms with E-state index in [9.17, 15) is 9.59 Å².